The van der Waals surface area contributed by atoms with Crippen LogP contribution in [-0.2, 0) is 17.8 Å². The molecule has 0 unspecified atom stereocenters. The Bertz CT molecular complexity index is 813. The van der Waals surface area contributed by atoms with Crippen LogP contribution in [0.4, 0.5) is 8.78 Å². The molecule has 27 heavy (non-hydrogen) atoms. The molecule has 8 heteroatoms. The van der Waals surface area contributed by atoms with Crippen molar-refractivity contribution in [3.8, 4) is 5.88 Å². The number of carbonyl (C=O) groups excluding carboxylic acids is 2. The molecule has 2 aromatic heterocycles. The fraction of sp³-hybridized carbons (Fsp3) is 0.368. The summed E-state index contributed by atoms with van der Waals surface area (Å²) in [6, 6.07) is 4.87. The van der Waals surface area contributed by atoms with Gasteiger partial charge < -0.3 is 10.1 Å². The smallest absolute Gasteiger partial charge is 0.272 e. The second-order valence-electron chi connectivity index (χ2n) is 5.96. The number of Topliss-reactive ketones (excluding diaryl/α,β-unsaturated/α-hetero) is 1. The third kappa shape index (κ3) is 6.40. The highest BCUT2D eigenvalue weighted by Crippen LogP contribution is 2.16. The van der Waals surface area contributed by atoms with Crippen LogP contribution in [0.2, 0.25) is 0 Å². The van der Waals surface area contributed by atoms with Gasteiger partial charge in [0, 0.05) is 48.6 Å². The van der Waals surface area contributed by atoms with Crippen LogP contribution >= 0.6 is 0 Å². The van der Waals surface area contributed by atoms with Crippen molar-refractivity contribution in [1.29, 1.82) is 0 Å². The molecule has 0 saturated carbocycles. The molecule has 0 fully saturated rings. The molecular formula is C19H21F2N3O3. The number of amides is 1. The highest BCUT2D eigenvalue weighted by atomic mass is 19.3. The van der Waals surface area contributed by atoms with Crippen LogP contribution in [0, 0.1) is 6.92 Å². The van der Waals surface area contributed by atoms with E-state index in [2.05, 4.69) is 15.3 Å². The Labute approximate surface area is 156 Å². The van der Waals surface area contributed by atoms with Crippen LogP contribution in [-0.4, -0.2) is 34.7 Å². The molecule has 1 amide bonds. The highest BCUT2D eigenvalue weighted by Gasteiger charge is 2.11. The van der Waals surface area contributed by atoms with E-state index in [4.69, 9.17) is 4.74 Å². The summed E-state index contributed by atoms with van der Waals surface area (Å²) >= 11 is 0. The predicted molar refractivity (Wildman–Crippen MR) is 94.9 cm³/mol. The zero-order valence-corrected chi connectivity index (χ0v) is 15.2. The van der Waals surface area contributed by atoms with Crippen LogP contribution in [0.25, 0.3) is 0 Å². The number of hydrogen-bond donors (Lipinski definition) is 1. The largest absolute Gasteiger partial charge is 0.471 e. The van der Waals surface area contributed by atoms with E-state index in [1.165, 1.54) is 12.4 Å². The van der Waals surface area contributed by atoms with Crippen LogP contribution in [0.15, 0.2) is 30.6 Å². The highest BCUT2D eigenvalue weighted by molar-refractivity contribution is 5.94. The summed E-state index contributed by atoms with van der Waals surface area (Å²) in [5, 5.41) is 2.75. The fourth-order valence-electron chi connectivity index (χ4n) is 2.34. The lowest BCUT2D eigenvalue weighted by molar-refractivity contribution is -0.118. The maximum atomic E-state index is 12.3. The summed E-state index contributed by atoms with van der Waals surface area (Å²) in [4.78, 5) is 31.9. The van der Waals surface area contributed by atoms with Gasteiger partial charge in [0.05, 0.1) is 0 Å². The van der Waals surface area contributed by atoms with E-state index < -0.39 is 13.0 Å². The van der Waals surface area contributed by atoms with E-state index in [0.717, 1.165) is 0 Å². The van der Waals surface area contributed by atoms with Crippen LogP contribution in [0.3, 0.4) is 0 Å². The first-order chi connectivity index (χ1) is 12.9. The quantitative estimate of drug-likeness (QED) is 0.727. The minimum Gasteiger partial charge on any atom is -0.471 e. The molecule has 0 aliphatic heterocycles. The summed E-state index contributed by atoms with van der Waals surface area (Å²) < 4.78 is 29.3. The minimum absolute atomic E-state index is 0.0516. The van der Waals surface area contributed by atoms with E-state index in [1.807, 2.05) is 0 Å². The van der Waals surface area contributed by atoms with Gasteiger partial charge in [0.1, 0.15) is 5.78 Å². The maximum absolute atomic E-state index is 12.3. The van der Waals surface area contributed by atoms with Gasteiger partial charge in [-0.15, -0.1) is 0 Å². The van der Waals surface area contributed by atoms with Gasteiger partial charge in [-0.25, -0.2) is 13.8 Å². The standard InChI is InChI=1S/C19H21F2N3O3/c1-3-16(25)8-15-7-14(4-5-22-15)18(26)23-9-13-6-12(2)19(24-10-13)27-11-17(20)21/h4-7,10,17H,3,8-9,11H2,1-2H3,(H,23,26). The van der Waals surface area contributed by atoms with E-state index in [9.17, 15) is 18.4 Å². The number of pyridine rings is 2. The number of aryl methyl sites for hydroxylation is 1. The van der Waals surface area contributed by atoms with E-state index in [-0.39, 0.29) is 30.5 Å². The molecular weight excluding hydrogens is 356 g/mol. The van der Waals surface area contributed by atoms with Crippen LogP contribution in [0.5, 0.6) is 5.88 Å². The zero-order chi connectivity index (χ0) is 19.8. The second kappa shape index (κ2) is 9.70. The Kier molecular flexibility index (Phi) is 7.34. The molecule has 0 aliphatic rings. The van der Waals surface area contributed by atoms with Gasteiger partial charge in [0.2, 0.25) is 5.88 Å². The number of alkyl halides is 2. The first kappa shape index (κ1) is 20.4. The number of nitrogens with zero attached hydrogens (tertiary/aromatic N) is 2. The van der Waals surface area contributed by atoms with Crippen molar-refractivity contribution in [1.82, 2.24) is 15.3 Å². The third-order valence-electron chi connectivity index (χ3n) is 3.74. The molecule has 2 heterocycles. The van der Waals surface area contributed by atoms with E-state index in [1.54, 1.807) is 32.0 Å². The van der Waals surface area contributed by atoms with Crippen molar-refractivity contribution in [2.75, 3.05) is 6.61 Å². The van der Waals surface area contributed by atoms with Crippen LogP contribution in [0.1, 0.15) is 40.5 Å². The van der Waals surface area contributed by atoms with Crippen molar-refractivity contribution in [2.45, 2.75) is 39.7 Å². The van der Waals surface area contributed by atoms with E-state index >= 15 is 0 Å². The average Bonchev–Trinajstić information content (AvgIpc) is 2.65. The lowest BCUT2D eigenvalue weighted by Gasteiger charge is -2.10. The monoisotopic (exact) mass is 377 g/mol. The first-order valence-electron chi connectivity index (χ1n) is 8.50. The molecule has 0 bridgehead atoms. The first-order valence-corrected chi connectivity index (χ1v) is 8.50. The summed E-state index contributed by atoms with van der Waals surface area (Å²) in [7, 11) is 0. The van der Waals surface area contributed by atoms with Gasteiger partial charge in [0.15, 0.2) is 6.61 Å². The predicted octanol–water partition coefficient (Wildman–Crippen LogP) is 2.88. The Hall–Kier alpha value is -2.90. The number of halogens is 2. The Morgan fingerprint density at radius 2 is 2.04 bits per heavy atom. The summed E-state index contributed by atoms with van der Waals surface area (Å²) in [5.41, 5.74) is 2.27. The SMILES string of the molecule is CCC(=O)Cc1cc(C(=O)NCc2cnc(OCC(F)F)c(C)c2)ccn1. The number of hydrogen-bond acceptors (Lipinski definition) is 5. The molecule has 0 spiro atoms. The van der Waals surface area contributed by atoms with Crippen LogP contribution < -0.4 is 10.1 Å². The minimum atomic E-state index is -2.57. The molecule has 1 N–H and O–H groups in total. The molecule has 0 saturated heterocycles. The second-order valence-corrected chi connectivity index (χ2v) is 5.96. The average molecular weight is 377 g/mol. The number of ketones is 1. The fourth-order valence-corrected chi connectivity index (χ4v) is 2.34. The number of ether oxygens (including phenoxy) is 1. The van der Waals surface area contributed by atoms with Gasteiger partial charge in [0.25, 0.3) is 12.3 Å². The van der Waals surface area contributed by atoms with Crippen molar-refractivity contribution in [3.63, 3.8) is 0 Å². The number of aromatic nitrogens is 2. The van der Waals surface area contributed by atoms with Crippen molar-refractivity contribution >= 4 is 11.7 Å². The molecule has 0 atom stereocenters. The normalized spacial score (nSPS) is 10.7. The zero-order valence-electron chi connectivity index (χ0n) is 15.2. The summed E-state index contributed by atoms with van der Waals surface area (Å²) in [5.74, 6) is -0.112. The lowest BCUT2D eigenvalue weighted by Crippen LogP contribution is -2.23. The Balaban J connectivity index is 1.96. The molecule has 2 aromatic rings. The van der Waals surface area contributed by atoms with Gasteiger partial charge >= 0.3 is 0 Å². The van der Waals surface area contributed by atoms with Crippen molar-refractivity contribution in [2.24, 2.45) is 0 Å². The Morgan fingerprint density at radius 3 is 2.70 bits per heavy atom. The topological polar surface area (TPSA) is 81.2 Å². The van der Waals surface area contributed by atoms with Gasteiger partial charge in [-0.05, 0) is 30.7 Å². The number of nitrogens with one attached hydrogen (secondary N) is 1. The third-order valence-corrected chi connectivity index (χ3v) is 3.74. The molecule has 2 rings (SSSR count). The molecule has 6 nitrogen and oxygen atoms in total. The summed E-state index contributed by atoms with van der Waals surface area (Å²) in [6.07, 6.45) is 1.01. The van der Waals surface area contributed by atoms with Crippen molar-refractivity contribution < 1.29 is 23.1 Å². The lowest BCUT2D eigenvalue weighted by atomic mass is 10.1. The number of carbonyl (C=O) groups is 2. The summed E-state index contributed by atoms with van der Waals surface area (Å²) in [6.45, 7) is 2.97. The molecule has 0 radical (unpaired) electrons. The Morgan fingerprint density at radius 1 is 1.26 bits per heavy atom. The molecule has 0 aromatic carbocycles. The van der Waals surface area contributed by atoms with Gasteiger partial charge in [-0.2, -0.15) is 0 Å². The number of rotatable bonds is 9. The van der Waals surface area contributed by atoms with Crippen molar-refractivity contribution in [3.05, 3.63) is 53.0 Å². The van der Waals surface area contributed by atoms with Gasteiger partial charge in [-0.3, -0.25) is 14.6 Å². The molecule has 0 aliphatic carbocycles. The maximum Gasteiger partial charge on any atom is 0.272 e. The van der Waals surface area contributed by atoms with Gasteiger partial charge in [-0.1, -0.05) is 6.92 Å². The van der Waals surface area contributed by atoms with E-state index in [0.29, 0.717) is 28.8 Å². The molecule has 144 valence electrons.